The molecule has 0 N–H and O–H groups in total. The third-order valence-corrected chi connectivity index (χ3v) is 3.25. The molecule has 1 aromatic rings. The number of fused-ring (bicyclic) bond motifs is 1. The number of benzene rings is 1. The first kappa shape index (κ1) is 15.6. The van der Waals surface area contributed by atoms with E-state index >= 15 is 0 Å². The molecule has 0 radical (unpaired) electrons. The molecule has 1 unspecified atom stereocenters. The molecule has 0 saturated carbocycles. The van der Waals surface area contributed by atoms with Crippen LogP contribution in [0.5, 0.6) is 5.75 Å². The van der Waals surface area contributed by atoms with Crippen LogP contribution in [0, 0.1) is 5.92 Å². The van der Waals surface area contributed by atoms with Gasteiger partial charge in [-0.25, -0.2) is 0 Å². The molecule has 1 aliphatic rings. The number of carbonyl (C=O) groups excluding carboxylic acids is 1. The molecule has 21 heavy (non-hydrogen) atoms. The Balaban J connectivity index is 2.35. The van der Waals surface area contributed by atoms with Gasteiger partial charge in [0.1, 0.15) is 12.4 Å². The monoisotopic (exact) mass is 303 g/mol. The maximum absolute atomic E-state index is 12.8. The van der Waals surface area contributed by atoms with Crippen LogP contribution in [0.4, 0.5) is 18.9 Å². The van der Waals surface area contributed by atoms with Crippen LogP contribution in [0.15, 0.2) is 18.2 Å². The SMILES string of the molecule is COCC(C)C(=O)N1CCOc2ccc(C(F)(F)F)cc21. The summed E-state index contributed by atoms with van der Waals surface area (Å²) in [5, 5.41) is 0. The molecule has 0 fully saturated rings. The number of methoxy groups -OCH3 is 1. The van der Waals surface area contributed by atoms with E-state index in [1.807, 2.05) is 0 Å². The Labute approximate surface area is 120 Å². The van der Waals surface area contributed by atoms with Crippen LogP contribution in [0.3, 0.4) is 0 Å². The van der Waals surface area contributed by atoms with Crippen molar-refractivity contribution < 1.29 is 27.4 Å². The normalized spacial score (nSPS) is 16.1. The number of amides is 1. The summed E-state index contributed by atoms with van der Waals surface area (Å²) in [6, 6.07) is 3.15. The van der Waals surface area contributed by atoms with E-state index in [-0.39, 0.29) is 37.1 Å². The molecule has 1 heterocycles. The zero-order chi connectivity index (χ0) is 15.6. The Morgan fingerprint density at radius 1 is 1.48 bits per heavy atom. The van der Waals surface area contributed by atoms with Gasteiger partial charge in [0, 0.05) is 7.11 Å². The van der Waals surface area contributed by atoms with E-state index in [1.54, 1.807) is 6.92 Å². The largest absolute Gasteiger partial charge is 0.490 e. The molecule has 1 amide bonds. The van der Waals surface area contributed by atoms with Gasteiger partial charge in [0.25, 0.3) is 0 Å². The zero-order valence-corrected chi connectivity index (χ0v) is 11.7. The molecule has 4 nitrogen and oxygen atoms in total. The van der Waals surface area contributed by atoms with Crippen molar-refractivity contribution in [3.63, 3.8) is 0 Å². The Morgan fingerprint density at radius 2 is 2.19 bits per heavy atom. The van der Waals surface area contributed by atoms with Gasteiger partial charge >= 0.3 is 6.18 Å². The first-order valence-corrected chi connectivity index (χ1v) is 6.49. The predicted octanol–water partition coefficient (Wildman–Crippen LogP) is 2.71. The highest BCUT2D eigenvalue weighted by atomic mass is 19.4. The third kappa shape index (κ3) is 3.29. The summed E-state index contributed by atoms with van der Waals surface area (Å²) in [7, 11) is 1.47. The number of carbonyl (C=O) groups is 1. The van der Waals surface area contributed by atoms with E-state index in [1.165, 1.54) is 18.1 Å². The summed E-state index contributed by atoms with van der Waals surface area (Å²) in [6.07, 6.45) is -4.46. The summed E-state index contributed by atoms with van der Waals surface area (Å²) >= 11 is 0. The number of alkyl halides is 3. The van der Waals surface area contributed by atoms with Gasteiger partial charge in [0.05, 0.1) is 30.3 Å². The second-order valence-corrected chi connectivity index (χ2v) is 4.87. The zero-order valence-electron chi connectivity index (χ0n) is 11.7. The molecule has 1 aromatic carbocycles. The van der Waals surface area contributed by atoms with Crippen molar-refractivity contribution in [1.82, 2.24) is 0 Å². The number of rotatable bonds is 3. The van der Waals surface area contributed by atoms with Gasteiger partial charge in [-0.1, -0.05) is 6.92 Å². The summed E-state index contributed by atoms with van der Waals surface area (Å²) in [6.45, 7) is 2.37. The lowest BCUT2D eigenvalue weighted by atomic mass is 10.1. The summed E-state index contributed by atoms with van der Waals surface area (Å²) in [4.78, 5) is 13.7. The fourth-order valence-corrected chi connectivity index (χ4v) is 2.21. The number of hydrogen-bond acceptors (Lipinski definition) is 3. The Bertz CT molecular complexity index is 531. The molecule has 0 aliphatic carbocycles. The number of hydrogen-bond donors (Lipinski definition) is 0. The van der Waals surface area contributed by atoms with Gasteiger partial charge in [-0.3, -0.25) is 4.79 Å². The van der Waals surface area contributed by atoms with Gasteiger partial charge in [0.15, 0.2) is 0 Å². The maximum Gasteiger partial charge on any atom is 0.416 e. The maximum atomic E-state index is 12.8. The highest BCUT2D eigenvalue weighted by Crippen LogP contribution is 2.38. The number of halogens is 3. The van der Waals surface area contributed by atoms with Crippen molar-refractivity contribution in [1.29, 1.82) is 0 Å². The van der Waals surface area contributed by atoms with Crippen molar-refractivity contribution in [3.8, 4) is 5.75 Å². The molecular formula is C14H16F3NO3. The van der Waals surface area contributed by atoms with Crippen molar-refractivity contribution in [2.45, 2.75) is 13.1 Å². The van der Waals surface area contributed by atoms with Crippen molar-refractivity contribution >= 4 is 11.6 Å². The van der Waals surface area contributed by atoms with E-state index in [0.717, 1.165) is 12.1 Å². The molecule has 0 bridgehead atoms. The highest BCUT2D eigenvalue weighted by Gasteiger charge is 2.34. The standard InChI is InChI=1S/C14H16F3NO3/c1-9(8-20-2)13(19)18-5-6-21-12-4-3-10(7-11(12)18)14(15,16)17/h3-4,7,9H,5-6,8H2,1-2H3. The fraction of sp³-hybridized carbons (Fsp3) is 0.500. The lowest BCUT2D eigenvalue weighted by Crippen LogP contribution is -2.42. The average molecular weight is 303 g/mol. The van der Waals surface area contributed by atoms with Gasteiger partial charge in [0.2, 0.25) is 5.91 Å². The van der Waals surface area contributed by atoms with Crippen molar-refractivity contribution in [2.24, 2.45) is 5.92 Å². The topological polar surface area (TPSA) is 38.8 Å². The van der Waals surface area contributed by atoms with Crippen LogP contribution >= 0.6 is 0 Å². The number of nitrogens with zero attached hydrogens (tertiary/aromatic N) is 1. The molecule has 7 heteroatoms. The third-order valence-electron chi connectivity index (χ3n) is 3.25. The summed E-state index contributed by atoms with van der Waals surface area (Å²) in [5.41, 5.74) is -0.645. The Kier molecular flexibility index (Phi) is 4.41. The highest BCUT2D eigenvalue weighted by molar-refractivity contribution is 5.96. The van der Waals surface area contributed by atoms with Crippen molar-refractivity contribution in [3.05, 3.63) is 23.8 Å². The smallest absolute Gasteiger partial charge is 0.416 e. The Morgan fingerprint density at radius 3 is 2.81 bits per heavy atom. The number of ether oxygens (including phenoxy) is 2. The van der Waals surface area contributed by atoms with Gasteiger partial charge in [-0.15, -0.1) is 0 Å². The number of anilines is 1. The first-order chi connectivity index (χ1) is 9.84. The molecule has 1 aliphatic heterocycles. The second-order valence-electron chi connectivity index (χ2n) is 4.87. The molecular weight excluding hydrogens is 287 g/mol. The summed E-state index contributed by atoms with van der Waals surface area (Å²) in [5.74, 6) is -0.427. The van der Waals surface area contributed by atoms with E-state index < -0.39 is 17.7 Å². The molecule has 0 saturated heterocycles. The van der Waals surface area contributed by atoms with E-state index in [9.17, 15) is 18.0 Å². The minimum absolute atomic E-state index is 0.157. The summed E-state index contributed by atoms with van der Waals surface area (Å²) < 4.78 is 48.6. The van der Waals surface area contributed by atoms with Crippen LogP contribution in [-0.4, -0.2) is 32.8 Å². The molecule has 2 rings (SSSR count). The van der Waals surface area contributed by atoms with Gasteiger partial charge in [-0.05, 0) is 18.2 Å². The van der Waals surface area contributed by atoms with E-state index in [0.29, 0.717) is 0 Å². The molecule has 0 spiro atoms. The molecule has 1 atom stereocenters. The molecule has 0 aromatic heterocycles. The second kappa shape index (κ2) is 5.93. The minimum Gasteiger partial charge on any atom is -0.490 e. The average Bonchev–Trinajstić information content (AvgIpc) is 2.44. The molecule has 116 valence electrons. The van der Waals surface area contributed by atoms with Crippen LogP contribution < -0.4 is 9.64 Å². The lowest BCUT2D eigenvalue weighted by molar-refractivity contribution is -0.137. The Hall–Kier alpha value is -1.76. The fourth-order valence-electron chi connectivity index (χ4n) is 2.21. The minimum atomic E-state index is -4.46. The van der Waals surface area contributed by atoms with E-state index in [2.05, 4.69) is 0 Å². The van der Waals surface area contributed by atoms with Crippen LogP contribution in [0.1, 0.15) is 12.5 Å². The predicted molar refractivity (Wildman–Crippen MR) is 70.3 cm³/mol. The van der Waals surface area contributed by atoms with Gasteiger partial charge in [-0.2, -0.15) is 13.2 Å². The van der Waals surface area contributed by atoms with Crippen LogP contribution in [0.25, 0.3) is 0 Å². The quantitative estimate of drug-likeness (QED) is 0.862. The van der Waals surface area contributed by atoms with Crippen LogP contribution in [0.2, 0.25) is 0 Å². The van der Waals surface area contributed by atoms with Crippen molar-refractivity contribution in [2.75, 3.05) is 31.8 Å². The lowest BCUT2D eigenvalue weighted by Gasteiger charge is -2.31. The first-order valence-electron chi connectivity index (χ1n) is 6.49. The van der Waals surface area contributed by atoms with E-state index in [4.69, 9.17) is 9.47 Å². The van der Waals surface area contributed by atoms with Gasteiger partial charge < -0.3 is 14.4 Å². The van der Waals surface area contributed by atoms with Crippen LogP contribution in [-0.2, 0) is 15.7 Å².